The summed E-state index contributed by atoms with van der Waals surface area (Å²) in [7, 11) is 0. The zero-order valence-corrected chi connectivity index (χ0v) is 9.13. The van der Waals surface area contributed by atoms with E-state index in [0.29, 0.717) is 5.56 Å². The topological polar surface area (TPSA) is 60.2 Å². The first-order valence-corrected chi connectivity index (χ1v) is 5.26. The van der Waals surface area contributed by atoms with Crippen molar-refractivity contribution in [3.63, 3.8) is 0 Å². The van der Waals surface area contributed by atoms with E-state index in [-0.39, 0.29) is 11.5 Å². The van der Waals surface area contributed by atoms with Gasteiger partial charge < -0.3 is 0 Å². The molecule has 0 aromatic heterocycles. The molecule has 0 unspecified atom stereocenters. The number of benzene rings is 1. The van der Waals surface area contributed by atoms with Crippen molar-refractivity contribution < 1.29 is 9.72 Å². The van der Waals surface area contributed by atoms with E-state index in [0.717, 1.165) is 4.90 Å². The molecule has 0 radical (unpaired) electrons. The van der Waals surface area contributed by atoms with Gasteiger partial charge in [0, 0.05) is 22.6 Å². The minimum atomic E-state index is -0.502. The largest absolute Gasteiger partial charge is 0.293 e. The summed E-state index contributed by atoms with van der Waals surface area (Å²) in [5, 5.41) is 10.6. The summed E-state index contributed by atoms with van der Waals surface area (Å²) in [6, 6.07) is 4.44. The molecule has 0 aliphatic carbocycles. The smallest absolute Gasteiger partial charge is 0.270 e. The van der Waals surface area contributed by atoms with Gasteiger partial charge in [0.15, 0.2) is 5.78 Å². The molecule has 1 aliphatic heterocycles. The van der Waals surface area contributed by atoms with Crippen molar-refractivity contribution >= 4 is 23.2 Å². The molecule has 15 heavy (non-hydrogen) atoms. The van der Waals surface area contributed by atoms with E-state index in [1.54, 1.807) is 6.07 Å². The van der Waals surface area contributed by atoms with Crippen LogP contribution in [0.1, 0.15) is 24.2 Å². The Morgan fingerprint density at radius 2 is 2.07 bits per heavy atom. The van der Waals surface area contributed by atoms with Crippen molar-refractivity contribution in [1.82, 2.24) is 0 Å². The van der Waals surface area contributed by atoms with E-state index >= 15 is 0 Å². The summed E-state index contributed by atoms with van der Waals surface area (Å²) in [6.45, 7) is 3.65. The van der Waals surface area contributed by atoms with Crippen molar-refractivity contribution in [2.75, 3.05) is 0 Å². The highest BCUT2D eigenvalue weighted by Gasteiger charge is 2.39. The van der Waals surface area contributed by atoms with E-state index in [9.17, 15) is 14.9 Å². The highest BCUT2D eigenvalue weighted by atomic mass is 32.2. The SMILES string of the molecule is CC1(C)Sc2ccc([N+](=O)[O-])cc2C1=O. The Morgan fingerprint density at radius 1 is 1.40 bits per heavy atom. The molecule has 5 heteroatoms. The van der Waals surface area contributed by atoms with E-state index in [4.69, 9.17) is 0 Å². The quantitative estimate of drug-likeness (QED) is 0.542. The molecule has 0 amide bonds. The van der Waals surface area contributed by atoms with Gasteiger partial charge in [-0.1, -0.05) is 0 Å². The van der Waals surface area contributed by atoms with E-state index in [2.05, 4.69) is 0 Å². The number of ketones is 1. The summed E-state index contributed by atoms with van der Waals surface area (Å²) in [5.41, 5.74) is 0.444. The number of hydrogen-bond acceptors (Lipinski definition) is 4. The second-order valence-electron chi connectivity index (χ2n) is 3.88. The second-order valence-corrected chi connectivity index (χ2v) is 5.54. The lowest BCUT2D eigenvalue weighted by molar-refractivity contribution is -0.384. The fourth-order valence-corrected chi connectivity index (χ4v) is 2.69. The van der Waals surface area contributed by atoms with Crippen LogP contribution in [0.4, 0.5) is 5.69 Å². The molecule has 1 aromatic carbocycles. The van der Waals surface area contributed by atoms with Crippen LogP contribution in [0, 0.1) is 10.1 Å². The second kappa shape index (κ2) is 3.06. The van der Waals surface area contributed by atoms with Gasteiger partial charge in [0.1, 0.15) is 0 Å². The maximum Gasteiger partial charge on any atom is 0.270 e. The van der Waals surface area contributed by atoms with E-state index < -0.39 is 9.67 Å². The number of nitrogens with zero attached hydrogens (tertiary/aromatic N) is 1. The van der Waals surface area contributed by atoms with Gasteiger partial charge in [0.05, 0.1) is 9.67 Å². The number of carbonyl (C=O) groups is 1. The van der Waals surface area contributed by atoms with Crippen LogP contribution in [0.5, 0.6) is 0 Å². The lowest BCUT2D eigenvalue weighted by atomic mass is 10.0. The fourth-order valence-electron chi connectivity index (χ4n) is 1.54. The van der Waals surface area contributed by atoms with Gasteiger partial charge in [-0.25, -0.2) is 0 Å². The van der Waals surface area contributed by atoms with Gasteiger partial charge in [-0.3, -0.25) is 14.9 Å². The van der Waals surface area contributed by atoms with Gasteiger partial charge in [0.25, 0.3) is 5.69 Å². The Labute approximate surface area is 90.8 Å². The van der Waals surface area contributed by atoms with Crippen LogP contribution in [0.25, 0.3) is 0 Å². The lowest BCUT2D eigenvalue weighted by Gasteiger charge is -2.11. The predicted octanol–water partition coefficient (Wildman–Crippen LogP) is 2.66. The highest BCUT2D eigenvalue weighted by molar-refractivity contribution is 8.02. The highest BCUT2D eigenvalue weighted by Crippen LogP contribution is 2.45. The van der Waals surface area contributed by atoms with Gasteiger partial charge in [-0.15, -0.1) is 11.8 Å². The third kappa shape index (κ3) is 1.52. The molecule has 0 atom stereocenters. The number of carbonyl (C=O) groups excluding carboxylic acids is 1. The van der Waals surface area contributed by atoms with Crippen LogP contribution in [0.2, 0.25) is 0 Å². The molecule has 2 rings (SSSR count). The van der Waals surface area contributed by atoms with Crippen LogP contribution >= 0.6 is 11.8 Å². The zero-order valence-electron chi connectivity index (χ0n) is 8.31. The number of nitro benzene ring substituents is 1. The van der Waals surface area contributed by atoms with E-state index in [1.165, 1.54) is 23.9 Å². The third-order valence-corrected chi connectivity index (χ3v) is 3.60. The van der Waals surface area contributed by atoms with Gasteiger partial charge >= 0.3 is 0 Å². The molecular weight excluding hydrogens is 214 g/mol. The fraction of sp³-hybridized carbons (Fsp3) is 0.300. The molecule has 0 saturated heterocycles. The van der Waals surface area contributed by atoms with Crippen LogP contribution in [-0.2, 0) is 0 Å². The Balaban J connectivity index is 2.54. The Hall–Kier alpha value is -1.36. The first-order chi connectivity index (χ1) is 6.92. The molecule has 0 spiro atoms. The monoisotopic (exact) mass is 223 g/mol. The molecule has 0 saturated carbocycles. The number of hydrogen-bond donors (Lipinski definition) is 0. The standard InChI is InChI=1S/C10H9NO3S/c1-10(2)9(12)7-5-6(11(13)14)3-4-8(7)15-10/h3-5H,1-2H3. The number of rotatable bonds is 1. The van der Waals surface area contributed by atoms with Crippen molar-refractivity contribution in [3.8, 4) is 0 Å². The van der Waals surface area contributed by atoms with Crippen molar-refractivity contribution in [1.29, 1.82) is 0 Å². The summed E-state index contributed by atoms with van der Waals surface area (Å²) >= 11 is 1.45. The lowest BCUT2D eigenvalue weighted by Crippen LogP contribution is -2.22. The Kier molecular flexibility index (Phi) is 2.08. The molecular formula is C10H9NO3S. The van der Waals surface area contributed by atoms with Crippen LogP contribution < -0.4 is 0 Å². The van der Waals surface area contributed by atoms with E-state index in [1.807, 2.05) is 13.8 Å². The molecule has 78 valence electrons. The molecule has 0 N–H and O–H groups in total. The molecule has 1 aliphatic rings. The van der Waals surface area contributed by atoms with Crippen molar-refractivity contribution in [3.05, 3.63) is 33.9 Å². The number of Topliss-reactive ketones (excluding diaryl/α,β-unsaturated/α-hetero) is 1. The molecule has 0 fully saturated rings. The average Bonchev–Trinajstić information content (AvgIpc) is 2.37. The van der Waals surface area contributed by atoms with Crippen LogP contribution in [0.3, 0.4) is 0 Å². The number of fused-ring (bicyclic) bond motifs is 1. The Bertz CT molecular complexity index is 468. The summed E-state index contributed by atoms with van der Waals surface area (Å²) in [4.78, 5) is 22.8. The first kappa shape index (κ1) is 10.2. The molecule has 1 aromatic rings. The maximum absolute atomic E-state index is 11.8. The van der Waals surface area contributed by atoms with Crippen molar-refractivity contribution in [2.45, 2.75) is 23.5 Å². The summed E-state index contributed by atoms with van der Waals surface area (Å²) in [6.07, 6.45) is 0. The van der Waals surface area contributed by atoms with Gasteiger partial charge in [-0.2, -0.15) is 0 Å². The first-order valence-electron chi connectivity index (χ1n) is 4.44. The minimum Gasteiger partial charge on any atom is -0.293 e. The zero-order chi connectivity index (χ0) is 11.2. The molecule has 1 heterocycles. The number of thioether (sulfide) groups is 1. The maximum atomic E-state index is 11.8. The third-order valence-electron chi connectivity index (χ3n) is 2.33. The Morgan fingerprint density at radius 3 is 2.67 bits per heavy atom. The average molecular weight is 223 g/mol. The molecule has 0 bridgehead atoms. The minimum absolute atomic E-state index is 0.0274. The normalized spacial score (nSPS) is 17.6. The number of non-ortho nitro benzene ring substituents is 1. The summed E-state index contributed by atoms with van der Waals surface area (Å²) in [5.74, 6) is -0.0359. The van der Waals surface area contributed by atoms with Gasteiger partial charge in [0.2, 0.25) is 0 Å². The van der Waals surface area contributed by atoms with Gasteiger partial charge in [-0.05, 0) is 19.9 Å². The van der Waals surface area contributed by atoms with Crippen LogP contribution in [-0.4, -0.2) is 15.5 Å². The van der Waals surface area contributed by atoms with Crippen molar-refractivity contribution in [2.24, 2.45) is 0 Å². The predicted molar refractivity (Wildman–Crippen MR) is 57.4 cm³/mol. The number of nitro groups is 1. The van der Waals surface area contributed by atoms with Crippen LogP contribution in [0.15, 0.2) is 23.1 Å². The summed E-state index contributed by atoms with van der Waals surface area (Å²) < 4.78 is -0.502. The molecule has 4 nitrogen and oxygen atoms in total.